The van der Waals surface area contributed by atoms with Crippen LogP contribution in [0, 0.1) is 11.9 Å². The van der Waals surface area contributed by atoms with E-state index in [4.69, 9.17) is 0 Å². The molecule has 21 heavy (non-hydrogen) atoms. The highest BCUT2D eigenvalue weighted by Gasteiger charge is 2.47. The first-order chi connectivity index (χ1) is 10.1. The molecule has 2 aliphatic rings. The van der Waals surface area contributed by atoms with Crippen LogP contribution in [0.3, 0.4) is 0 Å². The van der Waals surface area contributed by atoms with Crippen LogP contribution in [0.1, 0.15) is 42.5 Å². The van der Waals surface area contributed by atoms with Gasteiger partial charge in [0.25, 0.3) is 5.91 Å². The van der Waals surface area contributed by atoms with E-state index in [2.05, 4.69) is 4.98 Å². The largest absolute Gasteiger partial charge is 0.480 e. The minimum Gasteiger partial charge on any atom is -0.480 e. The van der Waals surface area contributed by atoms with Crippen LogP contribution in [0.2, 0.25) is 0 Å². The number of likely N-dealkylation sites (tertiary alicyclic amines) is 1. The van der Waals surface area contributed by atoms with Crippen molar-refractivity contribution in [1.82, 2.24) is 9.88 Å². The number of pyridine rings is 1. The van der Waals surface area contributed by atoms with Crippen molar-refractivity contribution in [3.05, 3.63) is 29.8 Å². The van der Waals surface area contributed by atoms with Crippen molar-refractivity contribution >= 4 is 11.9 Å². The summed E-state index contributed by atoms with van der Waals surface area (Å²) in [5.74, 6) is -1.72. The molecule has 1 amide bonds. The van der Waals surface area contributed by atoms with Crippen LogP contribution in [0.4, 0.5) is 4.39 Å². The fourth-order valence-electron chi connectivity index (χ4n) is 3.62. The Morgan fingerprint density at radius 3 is 2.71 bits per heavy atom. The second kappa shape index (κ2) is 5.42. The Kier molecular flexibility index (Phi) is 3.61. The van der Waals surface area contributed by atoms with Gasteiger partial charge in [-0.05, 0) is 37.3 Å². The first-order valence-corrected chi connectivity index (χ1v) is 7.25. The van der Waals surface area contributed by atoms with E-state index in [9.17, 15) is 19.1 Å². The zero-order valence-electron chi connectivity index (χ0n) is 11.5. The molecule has 5 nitrogen and oxygen atoms in total. The molecule has 1 N–H and O–H groups in total. The minimum atomic E-state index is -0.965. The summed E-state index contributed by atoms with van der Waals surface area (Å²) in [4.78, 5) is 29.1. The van der Waals surface area contributed by atoms with Gasteiger partial charge >= 0.3 is 5.97 Å². The van der Waals surface area contributed by atoms with Crippen molar-refractivity contribution in [2.24, 2.45) is 5.92 Å². The highest BCUT2D eigenvalue weighted by atomic mass is 19.1. The van der Waals surface area contributed by atoms with Crippen LogP contribution in [0.25, 0.3) is 0 Å². The minimum absolute atomic E-state index is 0.0163. The first kappa shape index (κ1) is 14.0. The molecule has 1 aliphatic carbocycles. The monoisotopic (exact) mass is 292 g/mol. The van der Waals surface area contributed by atoms with Gasteiger partial charge in [-0.25, -0.2) is 9.78 Å². The van der Waals surface area contributed by atoms with Gasteiger partial charge in [0, 0.05) is 12.2 Å². The molecule has 3 atom stereocenters. The summed E-state index contributed by atoms with van der Waals surface area (Å²) < 4.78 is 12.9. The van der Waals surface area contributed by atoms with E-state index in [0.29, 0.717) is 6.42 Å². The average molecular weight is 292 g/mol. The Hall–Kier alpha value is -1.98. The maximum absolute atomic E-state index is 12.9. The second-order valence-corrected chi connectivity index (χ2v) is 5.78. The lowest BCUT2D eigenvalue weighted by Gasteiger charge is -2.33. The number of hydrogen-bond acceptors (Lipinski definition) is 3. The number of fused-ring (bicyclic) bond motifs is 1. The van der Waals surface area contributed by atoms with Gasteiger partial charge in [0.05, 0.1) is 5.56 Å². The molecule has 2 fully saturated rings. The molecule has 112 valence electrons. The topological polar surface area (TPSA) is 70.5 Å². The Balaban J connectivity index is 1.90. The van der Waals surface area contributed by atoms with Crippen LogP contribution >= 0.6 is 0 Å². The normalized spacial score (nSPS) is 28.2. The summed E-state index contributed by atoms with van der Waals surface area (Å²) in [7, 11) is 0. The number of carbonyl (C=O) groups excluding carboxylic acids is 1. The van der Waals surface area contributed by atoms with Gasteiger partial charge in [0.15, 0.2) is 0 Å². The van der Waals surface area contributed by atoms with Crippen molar-refractivity contribution in [2.45, 2.75) is 44.2 Å². The van der Waals surface area contributed by atoms with E-state index >= 15 is 0 Å². The maximum Gasteiger partial charge on any atom is 0.326 e. The van der Waals surface area contributed by atoms with Gasteiger partial charge in [-0.15, -0.1) is 0 Å². The molecule has 1 saturated heterocycles. The molecule has 3 unspecified atom stereocenters. The van der Waals surface area contributed by atoms with Crippen molar-refractivity contribution in [1.29, 1.82) is 0 Å². The van der Waals surface area contributed by atoms with Gasteiger partial charge < -0.3 is 10.0 Å². The number of aromatic nitrogens is 1. The predicted molar refractivity (Wildman–Crippen MR) is 72.2 cm³/mol. The quantitative estimate of drug-likeness (QED) is 0.847. The van der Waals surface area contributed by atoms with Gasteiger partial charge in [-0.3, -0.25) is 4.79 Å². The third kappa shape index (κ3) is 2.50. The molecular weight excluding hydrogens is 275 g/mol. The maximum atomic E-state index is 12.9. The van der Waals surface area contributed by atoms with Crippen LogP contribution in [-0.2, 0) is 4.79 Å². The van der Waals surface area contributed by atoms with E-state index in [1.54, 1.807) is 0 Å². The third-order valence-corrected chi connectivity index (χ3v) is 4.58. The number of carboxylic acids is 1. The summed E-state index contributed by atoms with van der Waals surface area (Å²) in [6.07, 6.45) is 5.61. The van der Waals surface area contributed by atoms with Gasteiger partial charge in [-0.2, -0.15) is 4.39 Å². The van der Waals surface area contributed by atoms with Gasteiger partial charge in [-0.1, -0.05) is 12.8 Å². The number of hydrogen-bond donors (Lipinski definition) is 1. The molecule has 0 bridgehead atoms. The van der Waals surface area contributed by atoms with E-state index in [0.717, 1.165) is 31.7 Å². The standard InChI is InChI=1S/C15H17FN2O3/c16-13-6-5-10(8-17-13)14(19)18-11-4-2-1-3-9(11)7-12(18)15(20)21/h5-6,8-9,11-12H,1-4,7H2,(H,20,21). The fraction of sp³-hybridized carbons (Fsp3) is 0.533. The number of amides is 1. The van der Waals surface area contributed by atoms with E-state index in [-0.39, 0.29) is 23.4 Å². The Morgan fingerprint density at radius 1 is 1.29 bits per heavy atom. The number of aliphatic carboxylic acids is 1. The number of nitrogens with zero attached hydrogens (tertiary/aromatic N) is 2. The number of carboxylic acid groups (broad SMARTS) is 1. The lowest BCUT2D eigenvalue weighted by molar-refractivity contribution is -0.141. The molecule has 1 aromatic rings. The molecule has 1 aromatic heterocycles. The zero-order chi connectivity index (χ0) is 15.0. The smallest absolute Gasteiger partial charge is 0.326 e. The number of rotatable bonds is 2. The summed E-state index contributed by atoms with van der Waals surface area (Å²) in [5.41, 5.74) is 0.244. The average Bonchev–Trinajstić information content (AvgIpc) is 2.87. The van der Waals surface area contributed by atoms with Crippen LogP contribution in [-0.4, -0.2) is 39.0 Å². The molecule has 1 saturated carbocycles. The van der Waals surface area contributed by atoms with Crippen molar-refractivity contribution in [3.63, 3.8) is 0 Å². The number of carbonyl (C=O) groups is 2. The van der Waals surface area contributed by atoms with Crippen molar-refractivity contribution < 1.29 is 19.1 Å². The summed E-state index contributed by atoms with van der Waals surface area (Å²) >= 11 is 0. The Labute approximate surface area is 121 Å². The second-order valence-electron chi connectivity index (χ2n) is 5.78. The van der Waals surface area contributed by atoms with E-state index < -0.39 is 18.0 Å². The third-order valence-electron chi connectivity index (χ3n) is 4.58. The van der Waals surface area contributed by atoms with Crippen LogP contribution in [0.15, 0.2) is 18.3 Å². The Bertz CT molecular complexity index is 561. The highest BCUT2D eigenvalue weighted by molar-refractivity contribution is 5.97. The van der Waals surface area contributed by atoms with Gasteiger partial charge in [0.2, 0.25) is 5.95 Å². The molecule has 3 rings (SSSR count). The molecule has 0 aromatic carbocycles. The molecule has 0 radical (unpaired) electrons. The Morgan fingerprint density at radius 2 is 2.05 bits per heavy atom. The van der Waals surface area contributed by atoms with Crippen molar-refractivity contribution in [2.75, 3.05) is 0 Å². The highest BCUT2D eigenvalue weighted by Crippen LogP contribution is 2.40. The van der Waals surface area contributed by atoms with E-state index in [1.165, 1.54) is 17.2 Å². The van der Waals surface area contributed by atoms with Crippen molar-refractivity contribution in [3.8, 4) is 0 Å². The van der Waals surface area contributed by atoms with Crippen LogP contribution < -0.4 is 0 Å². The lowest BCUT2D eigenvalue weighted by Crippen LogP contribution is -2.46. The van der Waals surface area contributed by atoms with Crippen LogP contribution in [0.5, 0.6) is 0 Å². The summed E-state index contributed by atoms with van der Waals surface area (Å²) in [6, 6.07) is 1.69. The summed E-state index contributed by atoms with van der Waals surface area (Å²) in [6.45, 7) is 0. The zero-order valence-corrected chi connectivity index (χ0v) is 11.5. The fourth-order valence-corrected chi connectivity index (χ4v) is 3.62. The first-order valence-electron chi connectivity index (χ1n) is 7.25. The molecule has 2 heterocycles. The molecule has 6 heteroatoms. The molecule has 1 aliphatic heterocycles. The van der Waals surface area contributed by atoms with Gasteiger partial charge in [0.1, 0.15) is 6.04 Å². The lowest BCUT2D eigenvalue weighted by atomic mass is 9.84. The molecule has 0 spiro atoms. The molecular formula is C15H17FN2O3. The number of halogens is 1. The summed E-state index contributed by atoms with van der Waals surface area (Å²) in [5, 5.41) is 9.40. The predicted octanol–water partition coefficient (Wildman–Crippen LogP) is 2.08. The van der Waals surface area contributed by atoms with E-state index in [1.807, 2.05) is 0 Å². The SMILES string of the molecule is O=C(O)C1CC2CCCCC2N1C(=O)c1ccc(F)nc1.